The van der Waals surface area contributed by atoms with Crippen molar-refractivity contribution in [3.63, 3.8) is 0 Å². The maximum Gasteiger partial charge on any atom is 0.324 e. The molecule has 3 nitrogen and oxygen atoms in total. The highest BCUT2D eigenvalue weighted by molar-refractivity contribution is 9.10. The minimum Gasteiger partial charge on any atom is -0.392 e. The van der Waals surface area contributed by atoms with Gasteiger partial charge in [-0.05, 0) is 30.0 Å². The Morgan fingerprint density at radius 3 is 2.81 bits per heavy atom. The zero-order chi connectivity index (χ0) is 11.3. The number of hydrogen-bond donors (Lipinski definition) is 0. The van der Waals surface area contributed by atoms with Crippen LogP contribution >= 0.6 is 15.9 Å². The lowest BCUT2D eigenvalue weighted by molar-refractivity contribution is -0.153. The summed E-state index contributed by atoms with van der Waals surface area (Å²) in [5, 5.41) is 0. The lowest BCUT2D eigenvalue weighted by atomic mass is 9.80. The van der Waals surface area contributed by atoms with Gasteiger partial charge in [0.1, 0.15) is 5.41 Å². The van der Waals surface area contributed by atoms with Crippen molar-refractivity contribution < 1.29 is 14.3 Å². The quantitative estimate of drug-likeness (QED) is 0.540. The van der Waals surface area contributed by atoms with E-state index >= 15 is 0 Å². The molecule has 0 saturated carbocycles. The number of benzene rings is 1. The van der Waals surface area contributed by atoms with Crippen LogP contribution in [0.5, 0.6) is 0 Å². The molecule has 1 saturated heterocycles. The van der Waals surface area contributed by atoms with Gasteiger partial charge in [-0.25, -0.2) is 0 Å². The van der Waals surface area contributed by atoms with Crippen molar-refractivity contribution in [1.29, 1.82) is 0 Å². The largest absolute Gasteiger partial charge is 0.392 e. The van der Waals surface area contributed by atoms with E-state index in [1.54, 1.807) is 0 Å². The van der Waals surface area contributed by atoms with Gasteiger partial charge in [0.15, 0.2) is 0 Å². The van der Waals surface area contributed by atoms with Crippen LogP contribution in [0.1, 0.15) is 24.0 Å². The molecule has 1 heterocycles. The molecule has 0 N–H and O–H groups in total. The Hall–Kier alpha value is -1.16. The molecule has 1 aliphatic heterocycles. The zero-order valence-electron chi connectivity index (χ0n) is 8.46. The number of fused-ring (bicyclic) bond motifs is 2. The first-order valence-corrected chi connectivity index (χ1v) is 5.96. The molecule has 1 atom stereocenters. The number of ether oxygens (including phenoxy) is 1. The molecule has 1 spiro atoms. The highest BCUT2D eigenvalue weighted by atomic mass is 79.9. The summed E-state index contributed by atoms with van der Waals surface area (Å²) < 4.78 is 5.71. The number of hydrogen-bond acceptors (Lipinski definition) is 3. The van der Waals surface area contributed by atoms with Gasteiger partial charge < -0.3 is 4.74 Å². The summed E-state index contributed by atoms with van der Waals surface area (Å²) in [7, 11) is 0. The van der Waals surface area contributed by atoms with Crippen LogP contribution in [0.3, 0.4) is 0 Å². The molecule has 0 amide bonds. The average molecular weight is 281 g/mol. The molecule has 1 fully saturated rings. The van der Waals surface area contributed by atoms with E-state index in [9.17, 15) is 9.59 Å². The van der Waals surface area contributed by atoms with Gasteiger partial charge in [-0.1, -0.05) is 28.1 Å². The molecule has 4 heteroatoms. The molecule has 1 unspecified atom stereocenters. The molecular formula is C12H9BrO3. The summed E-state index contributed by atoms with van der Waals surface area (Å²) in [6.45, 7) is 0. The number of halogens is 1. The topological polar surface area (TPSA) is 43.4 Å². The standard InChI is InChI=1S/C12H9BrO3/c13-9-3-1-2-8-7(9)4-5-12(8)6-10(14)16-11(12)15/h1-3H,4-6H2. The lowest BCUT2D eigenvalue weighted by Gasteiger charge is -2.18. The van der Waals surface area contributed by atoms with Crippen molar-refractivity contribution in [2.24, 2.45) is 0 Å². The lowest BCUT2D eigenvalue weighted by Crippen LogP contribution is -2.28. The average Bonchev–Trinajstić information content (AvgIpc) is 2.72. The van der Waals surface area contributed by atoms with E-state index in [0.717, 1.165) is 22.0 Å². The second-order valence-electron chi connectivity index (χ2n) is 4.29. The summed E-state index contributed by atoms with van der Waals surface area (Å²) in [6, 6.07) is 5.78. The van der Waals surface area contributed by atoms with E-state index in [0.29, 0.717) is 6.42 Å². The summed E-state index contributed by atoms with van der Waals surface area (Å²) in [4.78, 5) is 23.1. The zero-order valence-corrected chi connectivity index (χ0v) is 10.0. The molecule has 1 aromatic rings. The first-order chi connectivity index (χ1) is 7.63. The molecule has 2 aliphatic rings. The van der Waals surface area contributed by atoms with Crippen LogP contribution in [0.4, 0.5) is 0 Å². The first kappa shape index (κ1) is 10.0. The van der Waals surface area contributed by atoms with E-state index in [2.05, 4.69) is 15.9 Å². The summed E-state index contributed by atoms with van der Waals surface area (Å²) >= 11 is 3.48. The summed E-state index contributed by atoms with van der Waals surface area (Å²) in [5.41, 5.74) is 1.39. The Balaban J connectivity index is 2.19. The van der Waals surface area contributed by atoms with Gasteiger partial charge in [0, 0.05) is 4.47 Å². The van der Waals surface area contributed by atoms with Crippen LogP contribution in [-0.2, 0) is 26.2 Å². The van der Waals surface area contributed by atoms with E-state index in [4.69, 9.17) is 4.74 Å². The number of carbonyl (C=O) groups is 2. The third-order valence-corrected chi connectivity index (χ3v) is 4.22. The highest BCUT2D eigenvalue weighted by Gasteiger charge is 2.53. The van der Waals surface area contributed by atoms with Gasteiger partial charge in [-0.15, -0.1) is 0 Å². The molecule has 82 valence electrons. The van der Waals surface area contributed by atoms with Gasteiger partial charge in [-0.3, -0.25) is 9.59 Å². The smallest absolute Gasteiger partial charge is 0.324 e. The fourth-order valence-electron chi connectivity index (χ4n) is 2.69. The van der Waals surface area contributed by atoms with Crippen molar-refractivity contribution in [2.45, 2.75) is 24.7 Å². The van der Waals surface area contributed by atoms with Crippen LogP contribution in [0.15, 0.2) is 22.7 Å². The molecule has 16 heavy (non-hydrogen) atoms. The predicted molar refractivity (Wildman–Crippen MR) is 59.9 cm³/mol. The fourth-order valence-corrected chi connectivity index (χ4v) is 3.25. The molecule has 1 aromatic carbocycles. The highest BCUT2D eigenvalue weighted by Crippen LogP contribution is 2.47. The SMILES string of the molecule is O=C1CC2(CCc3c(Br)cccc32)C(=O)O1. The van der Waals surface area contributed by atoms with Crippen LogP contribution in [0.25, 0.3) is 0 Å². The minimum absolute atomic E-state index is 0.190. The second kappa shape index (κ2) is 3.17. The van der Waals surface area contributed by atoms with Crippen LogP contribution < -0.4 is 0 Å². The van der Waals surface area contributed by atoms with Crippen molar-refractivity contribution >= 4 is 27.9 Å². The predicted octanol–water partition coefficient (Wildman–Crippen LogP) is 2.11. The van der Waals surface area contributed by atoms with Crippen LogP contribution in [-0.4, -0.2) is 11.9 Å². The molecule has 0 bridgehead atoms. The number of esters is 2. The van der Waals surface area contributed by atoms with Gasteiger partial charge in [0.2, 0.25) is 0 Å². The minimum atomic E-state index is -0.698. The van der Waals surface area contributed by atoms with E-state index in [1.807, 2.05) is 18.2 Å². The van der Waals surface area contributed by atoms with Gasteiger partial charge in [-0.2, -0.15) is 0 Å². The van der Waals surface area contributed by atoms with Crippen molar-refractivity contribution in [2.75, 3.05) is 0 Å². The Morgan fingerprint density at radius 2 is 2.12 bits per heavy atom. The maximum absolute atomic E-state index is 11.8. The Labute approximate surface area is 101 Å². The normalized spacial score (nSPS) is 27.3. The fraction of sp³-hybridized carbons (Fsp3) is 0.333. The van der Waals surface area contributed by atoms with Crippen molar-refractivity contribution in [3.05, 3.63) is 33.8 Å². The molecule has 3 rings (SSSR count). The van der Waals surface area contributed by atoms with Gasteiger partial charge >= 0.3 is 11.9 Å². The summed E-state index contributed by atoms with van der Waals surface area (Å²) in [5.74, 6) is -0.785. The first-order valence-electron chi connectivity index (χ1n) is 5.16. The Kier molecular flexibility index (Phi) is 1.98. The molecular weight excluding hydrogens is 272 g/mol. The van der Waals surface area contributed by atoms with E-state index in [-0.39, 0.29) is 12.4 Å². The molecule has 0 radical (unpaired) electrons. The third-order valence-electron chi connectivity index (χ3n) is 3.48. The Bertz CT molecular complexity index is 509. The molecule has 1 aliphatic carbocycles. The number of cyclic esters (lactones) is 2. The van der Waals surface area contributed by atoms with Crippen molar-refractivity contribution in [3.8, 4) is 0 Å². The second-order valence-corrected chi connectivity index (χ2v) is 5.14. The van der Waals surface area contributed by atoms with Gasteiger partial charge in [0.05, 0.1) is 6.42 Å². The third kappa shape index (κ3) is 1.13. The van der Waals surface area contributed by atoms with E-state index < -0.39 is 11.4 Å². The summed E-state index contributed by atoms with van der Waals surface area (Å²) in [6.07, 6.45) is 1.68. The van der Waals surface area contributed by atoms with Crippen molar-refractivity contribution in [1.82, 2.24) is 0 Å². The van der Waals surface area contributed by atoms with Crippen LogP contribution in [0.2, 0.25) is 0 Å². The number of carbonyl (C=O) groups excluding carboxylic acids is 2. The maximum atomic E-state index is 11.8. The van der Waals surface area contributed by atoms with Crippen LogP contribution in [0, 0.1) is 0 Å². The van der Waals surface area contributed by atoms with Gasteiger partial charge in [0.25, 0.3) is 0 Å². The Morgan fingerprint density at radius 1 is 1.31 bits per heavy atom. The molecule has 0 aromatic heterocycles. The number of rotatable bonds is 0. The van der Waals surface area contributed by atoms with E-state index in [1.165, 1.54) is 0 Å². The monoisotopic (exact) mass is 280 g/mol.